The van der Waals surface area contributed by atoms with Gasteiger partial charge in [0.2, 0.25) is 0 Å². The molecule has 0 unspecified atom stereocenters. The lowest BCUT2D eigenvalue weighted by Gasteiger charge is -2.28. The molecule has 2 N–H and O–H groups in total. The van der Waals surface area contributed by atoms with Gasteiger partial charge in [0.25, 0.3) is 0 Å². The Kier molecular flexibility index (Phi) is 3.88. The van der Waals surface area contributed by atoms with Crippen LogP contribution in [-0.2, 0) is 14.3 Å². The molecule has 0 aromatic heterocycles. The van der Waals surface area contributed by atoms with Gasteiger partial charge >= 0.3 is 11.9 Å². The number of aliphatic carboxylic acids is 1. The zero-order chi connectivity index (χ0) is 10.6. The molecule has 0 bridgehead atoms. The van der Waals surface area contributed by atoms with E-state index in [1.165, 1.54) is 7.11 Å². The lowest BCUT2D eigenvalue weighted by molar-refractivity contribution is -0.147. The largest absolute Gasteiger partial charge is 0.481 e. The summed E-state index contributed by atoms with van der Waals surface area (Å²) in [6.07, 6.45) is 0.761. The summed E-state index contributed by atoms with van der Waals surface area (Å²) in [4.78, 5) is 21.9. The van der Waals surface area contributed by atoms with Crippen molar-refractivity contribution in [3.8, 4) is 0 Å². The molecule has 0 radical (unpaired) electrons. The van der Waals surface area contributed by atoms with Crippen molar-refractivity contribution in [2.45, 2.75) is 12.8 Å². The maximum absolute atomic E-state index is 11.0. The number of hydrogen-bond donors (Lipinski definition) is 2. The van der Waals surface area contributed by atoms with Gasteiger partial charge in [0.15, 0.2) is 0 Å². The first-order valence-corrected chi connectivity index (χ1v) is 4.65. The number of nitrogens with one attached hydrogen (secondary N) is 1. The van der Waals surface area contributed by atoms with Crippen LogP contribution in [0.5, 0.6) is 0 Å². The minimum Gasteiger partial charge on any atom is -0.481 e. The van der Waals surface area contributed by atoms with Crippen molar-refractivity contribution >= 4 is 11.9 Å². The van der Waals surface area contributed by atoms with Crippen LogP contribution in [0.1, 0.15) is 12.8 Å². The van der Waals surface area contributed by atoms with E-state index in [0.29, 0.717) is 19.5 Å². The number of carbonyl (C=O) groups excluding carboxylic acids is 1. The van der Waals surface area contributed by atoms with E-state index in [1.54, 1.807) is 0 Å². The standard InChI is InChI=1S/C9H15NO4/c1-14-8(11)4-6-5-10-3-2-7(6)9(12)13/h6-7,10H,2-5H2,1H3,(H,12,13)/t6-,7+/m0/s1. The molecule has 2 atom stereocenters. The number of ether oxygens (including phenoxy) is 1. The molecule has 0 spiro atoms. The van der Waals surface area contributed by atoms with Crippen LogP contribution in [0.4, 0.5) is 0 Å². The van der Waals surface area contributed by atoms with Crippen LogP contribution in [-0.4, -0.2) is 37.2 Å². The summed E-state index contributed by atoms with van der Waals surface area (Å²) >= 11 is 0. The number of carboxylic acid groups (broad SMARTS) is 1. The average molecular weight is 201 g/mol. The number of methoxy groups -OCH3 is 1. The third kappa shape index (κ3) is 2.70. The summed E-state index contributed by atoms with van der Waals surface area (Å²) in [6.45, 7) is 1.28. The Morgan fingerprint density at radius 2 is 2.29 bits per heavy atom. The van der Waals surface area contributed by atoms with Gasteiger partial charge in [-0.1, -0.05) is 0 Å². The van der Waals surface area contributed by atoms with Crippen LogP contribution in [0.15, 0.2) is 0 Å². The van der Waals surface area contributed by atoms with Crippen LogP contribution in [0, 0.1) is 11.8 Å². The molecule has 5 heteroatoms. The molecule has 0 amide bonds. The molecule has 1 rings (SSSR count). The molecule has 0 aliphatic carbocycles. The Bertz CT molecular complexity index is 229. The number of carbonyl (C=O) groups is 2. The third-order valence-electron chi connectivity index (χ3n) is 2.58. The van der Waals surface area contributed by atoms with Gasteiger partial charge in [0, 0.05) is 0 Å². The molecule has 1 fully saturated rings. The fourth-order valence-electron chi connectivity index (χ4n) is 1.76. The van der Waals surface area contributed by atoms with Crippen molar-refractivity contribution in [1.29, 1.82) is 0 Å². The van der Waals surface area contributed by atoms with Gasteiger partial charge < -0.3 is 15.2 Å². The fraction of sp³-hybridized carbons (Fsp3) is 0.778. The Labute approximate surface area is 82.4 Å². The molecule has 14 heavy (non-hydrogen) atoms. The lowest BCUT2D eigenvalue weighted by Crippen LogP contribution is -2.41. The van der Waals surface area contributed by atoms with Gasteiger partial charge in [-0.15, -0.1) is 0 Å². The molecule has 1 aliphatic rings. The molecule has 1 heterocycles. The predicted molar refractivity (Wildman–Crippen MR) is 48.7 cm³/mol. The third-order valence-corrected chi connectivity index (χ3v) is 2.58. The number of rotatable bonds is 3. The number of esters is 1. The Balaban J connectivity index is 2.54. The van der Waals surface area contributed by atoms with Crippen molar-refractivity contribution in [2.75, 3.05) is 20.2 Å². The van der Waals surface area contributed by atoms with Gasteiger partial charge in [0.1, 0.15) is 0 Å². The van der Waals surface area contributed by atoms with E-state index in [4.69, 9.17) is 5.11 Å². The van der Waals surface area contributed by atoms with Gasteiger partial charge in [0.05, 0.1) is 19.4 Å². The van der Waals surface area contributed by atoms with Crippen molar-refractivity contribution in [3.63, 3.8) is 0 Å². The highest BCUT2D eigenvalue weighted by molar-refractivity contribution is 5.74. The zero-order valence-electron chi connectivity index (χ0n) is 8.16. The molecule has 1 saturated heterocycles. The van der Waals surface area contributed by atoms with E-state index in [2.05, 4.69) is 10.1 Å². The first-order valence-electron chi connectivity index (χ1n) is 4.65. The monoisotopic (exact) mass is 201 g/mol. The maximum atomic E-state index is 11.0. The molecular weight excluding hydrogens is 186 g/mol. The molecule has 0 saturated carbocycles. The van der Waals surface area contributed by atoms with Gasteiger partial charge in [-0.05, 0) is 25.4 Å². The summed E-state index contributed by atoms with van der Waals surface area (Å²) in [6, 6.07) is 0. The van der Waals surface area contributed by atoms with E-state index in [9.17, 15) is 9.59 Å². The van der Waals surface area contributed by atoms with Crippen LogP contribution < -0.4 is 5.32 Å². The second-order valence-corrected chi connectivity index (χ2v) is 3.48. The summed E-state index contributed by atoms with van der Waals surface area (Å²) < 4.78 is 4.52. The van der Waals surface area contributed by atoms with E-state index in [-0.39, 0.29) is 18.3 Å². The lowest BCUT2D eigenvalue weighted by atomic mass is 9.84. The minimum atomic E-state index is -0.819. The van der Waals surface area contributed by atoms with Crippen LogP contribution >= 0.6 is 0 Å². The Morgan fingerprint density at radius 3 is 2.86 bits per heavy atom. The highest BCUT2D eigenvalue weighted by atomic mass is 16.5. The molecule has 0 aromatic rings. The number of piperidine rings is 1. The predicted octanol–water partition coefficient (Wildman–Crippen LogP) is -0.140. The quantitative estimate of drug-likeness (QED) is 0.621. The summed E-state index contributed by atoms with van der Waals surface area (Å²) in [5, 5.41) is 12.0. The maximum Gasteiger partial charge on any atom is 0.306 e. The van der Waals surface area contributed by atoms with E-state index in [0.717, 1.165) is 0 Å². The molecule has 80 valence electrons. The zero-order valence-corrected chi connectivity index (χ0v) is 8.16. The second kappa shape index (κ2) is 4.95. The molecule has 5 nitrogen and oxygen atoms in total. The number of hydrogen-bond acceptors (Lipinski definition) is 4. The van der Waals surface area contributed by atoms with Crippen molar-refractivity contribution in [2.24, 2.45) is 11.8 Å². The van der Waals surface area contributed by atoms with Gasteiger partial charge in [-0.3, -0.25) is 9.59 Å². The second-order valence-electron chi connectivity index (χ2n) is 3.48. The Hall–Kier alpha value is -1.10. The van der Waals surface area contributed by atoms with Crippen molar-refractivity contribution < 1.29 is 19.4 Å². The first-order chi connectivity index (χ1) is 6.65. The van der Waals surface area contributed by atoms with Crippen LogP contribution in [0.2, 0.25) is 0 Å². The smallest absolute Gasteiger partial charge is 0.306 e. The van der Waals surface area contributed by atoms with E-state index >= 15 is 0 Å². The van der Waals surface area contributed by atoms with Crippen LogP contribution in [0.3, 0.4) is 0 Å². The summed E-state index contributed by atoms with van der Waals surface area (Å²) in [5.41, 5.74) is 0. The van der Waals surface area contributed by atoms with Gasteiger partial charge in [-0.2, -0.15) is 0 Å². The highest BCUT2D eigenvalue weighted by Crippen LogP contribution is 2.22. The molecular formula is C9H15NO4. The van der Waals surface area contributed by atoms with Crippen molar-refractivity contribution in [1.82, 2.24) is 5.32 Å². The van der Waals surface area contributed by atoms with Crippen molar-refractivity contribution in [3.05, 3.63) is 0 Å². The SMILES string of the molecule is COC(=O)C[C@H]1CNCC[C@H]1C(=O)O. The van der Waals surface area contributed by atoms with Crippen LogP contribution in [0.25, 0.3) is 0 Å². The number of carboxylic acids is 1. The highest BCUT2D eigenvalue weighted by Gasteiger charge is 2.32. The molecule has 0 aromatic carbocycles. The minimum absolute atomic E-state index is 0.145. The first kappa shape index (κ1) is 11.0. The van der Waals surface area contributed by atoms with E-state index in [1.807, 2.05) is 0 Å². The summed E-state index contributed by atoms with van der Waals surface area (Å²) in [5.74, 6) is -1.73. The normalized spacial score (nSPS) is 26.9. The average Bonchev–Trinajstić information content (AvgIpc) is 2.18. The molecule has 1 aliphatic heterocycles. The van der Waals surface area contributed by atoms with Gasteiger partial charge in [-0.25, -0.2) is 0 Å². The Morgan fingerprint density at radius 1 is 1.57 bits per heavy atom. The summed E-state index contributed by atoms with van der Waals surface area (Å²) in [7, 11) is 1.31. The van der Waals surface area contributed by atoms with E-state index < -0.39 is 11.9 Å². The topological polar surface area (TPSA) is 75.6 Å². The fourth-order valence-corrected chi connectivity index (χ4v) is 1.76.